The van der Waals surface area contributed by atoms with Crippen molar-refractivity contribution in [3.05, 3.63) is 0 Å². The van der Waals surface area contributed by atoms with Crippen LogP contribution in [-0.2, 0) is 9.59 Å². The molecule has 0 saturated carbocycles. The maximum atomic E-state index is 11.5. The monoisotopic (exact) mass is 354 g/mol. The van der Waals surface area contributed by atoms with Crippen LogP contribution in [0.2, 0.25) is 0 Å². The summed E-state index contributed by atoms with van der Waals surface area (Å²) in [5.41, 5.74) is 0. The van der Waals surface area contributed by atoms with E-state index in [1.54, 1.807) is 0 Å². The maximum Gasteiger partial charge on any atom is 0.220 e. The third-order valence-corrected chi connectivity index (χ3v) is 4.74. The number of carboxylic acids is 1. The predicted octanol–water partition coefficient (Wildman–Crippen LogP) is 4.50. The standard InChI is InChI=1S/C21H41NO3/c1-3-4-5-6-7-8-9-10-11-12-13-14-15-16-17-18-20(23)22-19(2)21(24)25/h19H,3-18H2,1-2H3,(H,22,23)(H,24,25)/p-1/t19-/m0/s1. The van der Waals surface area contributed by atoms with Gasteiger partial charge in [-0.3, -0.25) is 4.79 Å². The minimum Gasteiger partial charge on any atom is -0.548 e. The lowest BCUT2D eigenvalue weighted by atomic mass is 10.0. The average Bonchev–Trinajstić information content (AvgIpc) is 2.58. The topological polar surface area (TPSA) is 69.2 Å². The number of nitrogens with one attached hydrogen (secondary N) is 1. The van der Waals surface area contributed by atoms with Crippen LogP contribution in [0.25, 0.3) is 0 Å². The Balaban J connectivity index is 3.19. The number of hydrogen-bond donors (Lipinski definition) is 1. The van der Waals surface area contributed by atoms with Crippen molar-refractivity contribution in [3.63, 3.8) is 0 Å². The second-order valence-corrected chi connectivity index (χ2v) is 7.31. The third-order valence-electron chi connectivity index (χ3n) is 4.74. The van der Waals surface area contributed by atoms with Crippen molar-refractivity contribution in [2.24, 2.45) is 0 Å². The summed E-state index contributed by atoms with van der Waals surface area (Å²) in [4.78, 5) is 22.0. The molecule has 0 saturated heterocycles. The highest BCUT2D eigenvalue weighted by molar-refractivity contribution is 5.82. The molecule has 0 unspecified atom stereocenters. The number of hydrogen-bond acceptors (Lipinski definition) is 3. The Morgan fingerprint density at radius 2 is 1.08 bits per heavy atom. The van der Waals surface area contributed by atoms with Gasteiger partial charge in [-0.2, -0.15) is 0 Å². The number of amides is 1. The second-order valence-electron chi connectivity index (χ2n) is 7.31. The van der Waals surface area contributed by atoms with Crippen molar-refractivity contribution in [1.82, 2.24) is 5.32 Å². The van der Waals surface area contributed by atoms with Crippen molar-refractivity contribution in [1.29, 1.82) is 0 Å². The number of unbranched alkanes of at least 4 members (excludes halogenated alkanes) is 14. The fraction of sp³-hybridized carbons (Fsp3) is 0.905. The maximum absolute atomic E-state index is 11.5. The molecule has 0 aromatic carbocycles. The van der Waals surface area contributed by atoms with E-state index in [4.69, 9.17) is 0 Å². The fourth-order valence-corrected chi connectivity index (χ4v) is 3.03. The van der Waals surface area contributed by atoms with Crippen molar-refractivity contribution in [2.45, 2.75) is 123 Å². The van der Waals surface area contributed by atoms with E-state index in [0.717, 1.165) is 12.8 Å². The molecule has 1 amide bonds. The van der Waals surface area contributed by atoms with Gasteiger partial charge in [-0.1, -0.05) is 96.8 Å². The van der Waals surface area contributed by atoms with E-state index in [9.17, 15) is 14.7 Å². The van der Waals surface area contributed by atoms with E-state index >= 15 is 0 Å². The SMILES string of the molecule is CCCCCCCCCCCCCCCCCC(=O)N[C@@H](C)C(=O)[O-]. The minimum atomic E-state index is -1.23. The van der Waals surface area contributed by atoms with Gasteiger partial charge in [0.2, 0.25) is 5.91 Å². The summed E-state index contributed by atoms with van der Waals surface area (Å²) in [6.45, 7) is 3.69. The number of carboxylic acid groups (broad SMARTS) is 1. The molecule has 0 heterocycles. The van der Waals surface area contributed by atoms with Gasteiger partial charge in [0.25, 0.3) is 0 Å². The zero-order chi connectivity index (χ0) is 18.8. The molecule has 0 aromatic rings. The molecule has 4 heteroatoms. The summed E-state index contributed by atoms with van der Waals surface area (Å²) < 4.78 is 0. The first-order valence-electron chi connectivity index (χ1n) is 10.6. The molecular formula is C21H40NO3-. The molecule has 0 bridgehead atoms. The molecule has 0 aromatic heterocycles. The lowest BCUT2D eigenvalue weighted by Gasteiger charge is -2.14. The van der Waals surface area contributed by atoms with Gasteiger partial charge in [-0.05, 0) is 13.3 Å². The number of aliphatic carboxylic acids is 1. The van der Waals surface area contributed by atoms with Crippen LogP contribution < -0.4 is 10.4 Å². The van der Waals surface area contributed by atoms with E-state index in [1.165, 1.54) is 90.4 Å². The Kier molecular flexibility index (Phi) is 17.0. The molecule has 0 aliphatic rings. The normalized spacial score (nSPS) is 12.1. The molecule has 4 nitrogen and oxygen atoms in total. The zero-order valence-corrected chi connectivity index (χ0v) is 16.6. The van der Waals surface area contributed by atoms with E-state index < -0.39 is 12.0 Å². The Hall–Kier alpha value is -1.06. The van der Waals surface area contributed by atoms with Crippen LogP contribution in [0.1, 0.15) is 117 Å². The van der Waals surface area contributed by atoms with Crippen LogP contribution in [-0.4, -0.2) is 17.9 Å². The summed E-state index contributed by atoms with van der Waals surface area (Å²) in [6.07, 6.45) is 19.8. The van der Waals surface area contributed by atoms with Crippen molar-refractivity contribution in [3.8, 4) is 0 Å². The summed E-state index contributed by atoms with van der Waals surface area (Å²) in [5.74, 6) is -1.42. The van der Waals surface area contributed by atoms with Crippen molar-refractivity contribution < 1.29 is 14.7 Å². The van der Waals surface area contributed by atoms with Gasteiger partial charge < -0.3 is 15.2 Å². The fourth-order valence-electron chi connectivity index (χ4n) is 3.03. The smallest absolute Gasteiger partial charge is 0.220 e. The van der Waals surface area contributed by atoms with Gasteiger partial charge in [0, 0.05) is 6.42 Å². The summed E-state index contributed by atoms with van der Waals surface area (Å²) in [6, 6.07) is -0.899. The predicted molar refractivity (Wildman–Crippen MR) is 102 cm³/mol. The lowest BCUT2D eigenvalue weighted by molar-refractivity contribution is -0.307. The molecule has 1 N–H and O–H groups in total. The quantitative estimate of drug-likeness (QED) is 0.368. The number of rotatable bonds is 18. The van der Waals surface area contributed by atoms with Crippen molar-refractivity contribution in [2.75, 3.05) is 0 Å². The zero-order valence-electron chi connectivity index (χ0n) is 16.6. The molecule has 0 radical (unpaired) electrons. The van der Waals surface area contributed by atoms with Gasteiger partial charge >= 0.3 is 0 Å². The first-order valence-corrected chi connectivity index (χ1v) is 10.6. The summed E-state index contributed by atoms with van der Waals surface area (Å²) in [5, 5.41) is 12.9. The molecule has 148 valence electrons. The van der Waals surface area contributed by atoms with E-state index in [1.807, 2.05) is 0 Å². The molecule has 25 heavy (non-hydrogen) atoms. The second kappa shape index (κ2) is 17.8. The van der Waals surface area contributed by atoms with Crippen molar-refractivity contribution >= 4 is 11.9 Å². The first kappa shape index (κ1) is 23.9. The molecule has 0 spiro atoms. The van der Waals surface area contributed by atoms with E-state index in [0.29, 0.717) is 6.42 Å². The van der Waals surface area contributed by atoms with E-state index in [-0.39, 0.29) is 5.91 Å². The highest BCUT2D eigenvalue weighted by Gasteiger charge is 2.07. The van der Waals surface area contributed by atoms with Crippen LogP contribution in [0.3, 0.4) is 0 Å². The lowest BCUT2D eigenvalue weighted by Crippen LogP contribution is -2.45. The largest absolute Gasteiger partial charge is 0.548 e. The Bertz CT molecular complexity index is 331. The van der Waals surface area contributed by atoms with Gasteiger partial charge in [0.05, 0.1) is 12.0 Å². The minimum absolute atomic E-state index is 0.189. The molecular weight excluding hydrogens is 314 g/mol. The Morgan fingerprint density at radius 1 is 0.720 bits per heavy atom. The average molecular weight is 355 g/mol. The van der Waals surface area contributed by atoms with Gasteiger partial charge in [0.15, 0.2) is 0 Å². The Labute approximate surface area is 155 Å². The van der Waals surface area contributed by atoms with Crippen LogP contribution >= 0.6 is 0 Å². The molecule has 0 aliphatic carbocycles. The van der Waals surface area contributed by atoms with Crippen LogP contribution in [0.15, 0.2) is 0 Å². The molecule has 1 atom stereocenters. The summed E-state index contributed by atoms with van der Waals surface area (Å²) in [7, 11) is 0. The number of carbonyl (C=O) groups excluding carboxylic acids is 2. The van der Waals surface area contributed by atoms with Crippen LogP contribution in [0.4, 0.5) is 0 Å². The van der Waals surface area contributed by atoms with Crippen LogP contribution in [0, 0.1) is 0 Å². The number of carbonyl (C=O) groups is 2. The van der Waals surface area contributed by atoms with Gasteiger partial charge in [0.1, 0.15) is 0 Å². The molecule has 0 rings (SSSR count). The highest BCUT2D eigenvalue weighted by Crippen LogP contribution is 2.13. The first-order chi connectivity index (χ1) is 12.1. The Morgan fingerprint density at radius 3 is 1.44 bits per heavy atom. The van der Waals surface area contributed by atoms with Crippen LogP contribution in [0.5, 0.6) is 0 Å². The van der Waals surface area contributed by atoms with Gasteiger partial charge in [-0.15, -0.1) is 0 Å². The van der Waals surface area contributed by atoms with Gasteiger partial charge in [-0.25, -0.2) is 0 Å². The third kappa shape index (κ3) is 17.6. The molecule has 0 aliphatic heterocycles. The van der Waals surface area contributed by atoms with E-state index in [2.05, 4.69) is 12.2 Å². The summed E-state index contributed by atoms with van der Waals surface area (Å²) >= 11 is 0. The molecule has 0 fully saturated rings. The highest BCUT2D eigenvalue weighted by atomic mass is 16.4.